The number of hydrogen-bond acceptors (Lipinski definition) is 6. The molecule has 8 heteroatoms. The average Bonchev–Trinajstić information content (AvgIpc) is 3.35. The van der Waals surface area contributed by atoms with Crippen LogP contribution in [-0.2, 0) is 22.6 Å². The highest BCUT2D eigenvalue weighted by atomic mass is 35.5. The van der Waals surface area contributed by atoms with Gasteiger partial charge >= 0.3 is 0 Å². The monoisotopic (exact) mass is 522 g/mol. The summed E-state index contributed by atoms with van der Waals surface area (Å²) >= 11 is 8.27. The van der Waals surface area contributed by atoms with Crippen LogP contribution in [0.5, 0.6) is 0 Å². The first-order valence-electron chi connectivity index (χ1n) is 13.0. The van der Waals surface area contributed by atoms with E-state index in [-0.39, 0.29) is 23.7 Å². The molecular weight excluding hydrogens is 492 g/mol. The average molecular weight is 523 g/mol. The highest BCUT2D eigenvalue weighted by molar-refractivity contribution is 7.19. The van der Waals surface area contributed by atoms with Gasteiger partial charge in [0, 0.05) is 64.4 Å². The maximum absolute atomic E-state index is 13.0. The minimum Gasteiger partial charge on any atom is -0.365 e. The molecule has 2 unspecified atom stereocenters. The fourth-order valence-corrected chi connectivity index (χ4v) is 7.53. The van der Waals surface area contributed by atoms with E-state index in [2.05, 4.69) is 33.4 Å². The number of carbonyl (C=O) groups is 2. The van der Waals surface area contributed by atoms with Crippen molar-refractivity contribution in [1.82, 2.24) is 15.2 Å². The number of amides is 2. The van der Waals surface area contributed by atoms with Gasteiger partial charge in [-0.2, -0.15) is 0 Å². The summed E-state index contributed by atoms with van der Waals surface area (Å²) in [5.74, 6) is -0.464. The second kappa shape index (κ2) is 9.43. The largest absolute Gasteiger partial charge is 0.365 e. The van der Waals surface area contributed by atoms with Crippen molar-refractivity contribution in [2.75, 3.05) is 24.5 Å². The summed E-state index contributed by atoms with van der Waals surface area (Å²) in [7, 11) is 0. The minimum atomic E-state index is -0.199. The molecule has 5 heterocycles. The van der Waals surface area contributed by atoms with E-state index >= 15 is 0 Å². The number of likely N-dealkylation sites (tertiary alicyclic amines) is 1. The fraction of sp³-hybridized carbons (Fsp3) is 0.464. The highest BCUT2D eigenvalue weighted by Crippen LogP contribution is 2.45. The van der Waals surface area contributed by atoms with Crippen LogP contribution in [0.2, 0.25) is 5.02 Å². The number of fused-ring (bicyclic) bond motifs is 2. The Hall–Kier alpha value is -2.48. The molecule has 0 aliphatic carbocycles. The molecule has 0 radical (unpaired) electrons. The van der Waals surface area contributed by atoms with Gasteiger partial charge in [-0.15, -0.1) is 11.3 Å². The Bertz CT molecular complexity index is 1330. The van der Waals surface area contributed by atoms with E-state index in [0.717, 1.165) is 63.7 Å². The smallest absolute Gasteiger partial charge is 0.233 e. The summed E-state index contributed by atoms with van der Waals surface area (Å²) in [6, 6.07) is 8.83. The number of imide groups is 1. The van der Waals surface area contributed by atoms with E-state index in [1.165, 1.54) is 16.2 Å². The maximum atomic E-state index is 13.0. The van der Waals surface area contributed by atoms with Crippen LogP contribution in [0, 0.1) is 11.8 Å². The van der Waals surface area contributed by atoms with E-state index in [1.807, 2.05) is 26.1 Å². The van der Waals surface area contributed by atoms with Gasteiger partial charge in [0.25, 0.3) is 0 Å². The summed E-state index contributed by atoms with van der Waals surface area (Å²) in [6.45, 7) is 7.36. The van der Waals surface area contributed by atoms with Crippen LogP contribution in [0.3, 0.4) is 0 Å². The van der Waals surface area contributed by atoms with Crippen LogP contribution in [0.1, 0.15) is 43.6 Å². The molecule has 0 spiro atoms. The van der Waals surface area contributed by atoms with Crippen molar-refractivity contribution in [1.29, 1.82) is 0 Å². The van der Waals surface area contributed by atoms with Crippen LogP contribution in [-0.4, -0.2) is 47.4 Å². The van der Waals surface area contributed by atoms with Crippen molar-refractivity contribution in [2.45, 2.75) is 52.1 Å². The lowest BCUT2D eigenvalue weighted by molar-refractivity contribution is -0.140. The lowest BCUT2D eigenvalue weighted by Gasteiger charge is -2.44. The number of nitrogens with one attached hydrogen (secondary N) is 1. The Morgan fingerprint density at radius 1 is 1.08 bits per heavy atom. The molecule has 0 saturated carbocycles. The molecule has 2 saturated heterocycles. The molecule has 6 nitrogen and oxygen atoms in total. The zero-order valence-corrected chi connectivity index (χ0v) is 22.3. The lowest BCUT2D eigenvalue weighted by atomic mass is 9.91. The van der Waals surface area contributed by atoms with E-state index in [1.54, 1.807) is 11.3 Å². The van der Waals surface area contributed by atoms with Gasteiger partial charge in [0.2, 0.25) is 11.8 Å². The standard InChI is InChI=1S/C28H31ClN4O2S/c1-3-20-21(4-2)28(35)33(27(20)34)15-19-12-24-26(36-19)22(7-8-31-24)23-11-17(29)10-16-6-5-9-32(25(16)23)18-13-30-14-18/h7-8,10-12,18,20-21,30H,3-6,9,13-15H2,1-2H3. The van der Waals surface area contributed by atoms with E-state index in [4.69, 9.17) is 11.6 Å². The second-order valence-electron chi connectivity index (χ2n) is 10.1. The number of nitrogens with zero attached hydrogens (tertiary/aromatic N) is 3. The summed E-state index contributed by atoms with van der Waals surface area (Å²) in [5, 5.41) is 4.17. The van der Waals surface area contributed by atoms with Gasteiger partial charge in [0.05, 0.1) is 22.8 Å². The van der Waals surface area contributed by atoms with Crippen molar-refractivity contribution in [2.24, 2.45) is 11.8 Å². The predicted octanol–water partition coefficient (Wildman–Crippen LogP) is 5.26. The van der Waals surface area contributed by atoms with Gasteiger partial charge in [-0.3, -0.25) is 19.5 Å². The molecule has 6 rings (SSSR count). The third kappa shape index (κ3) is 3.83. The van der Waals surface area contributed by atoms with Crippen LogP contribution >= 0.6 is 22.9 Å². The SMILES string of the molecule is CCC1C(=O)N(Cc2cc3nccc(-c4cc(Cl)cc5c4N(C4CNC4)CCC5)c3s2)C(=O)C1CC. The topological polar surface area (TPSA) is 65.5 Å². The molecule has 188 valence electrons. The molecule has 2 atom stereocenters. The molecule has 2 aromatic heterocycles. The first kappa shape index (κ1) is 23.9. The first-order valence-corrected chi connectivity index (χ1v) is 14.2. The number of aryl methyl sites for hydroxylation is 1. The fourth-order valence-electron chi connectivity index (χ4n) is 6.16. The van der Waals surface area contributed by atoms with Gasteiger partial charge in [-0.05, 0) is 55.5 Å². The second-order valence-corrected chi connectivity index (χ2v) is 11.7. The lowest BCUT2D eigenvalue weighted by Crippen LogP contribution is -2.58. The van der Waals surface area contributed by atoms with Crippen LogP contribution in [0.15, 0.2) is 30.5 Å². The quantitative estimate of drug-likeness (QED) is 0.447. The molecule has 3 aliphatic heterocycles. The zero-order valence-electron chi connectivity index (χ0n) is 20.7. The van der Waals surface area contributed by atoms with Crippen LogP contribution in [0.4, 0.5) is 5.69 Å². The number of aromatic nitrogens is 1. The molecule has 2 fully saturated rings. The minimum absolute atomic E-state index is 0.0337. The summed E-state index contributed by atoms with van der Waals surface area (Å²) < 4.78 is 1.08. The number of benzene rings is 1. The van der Waals surface area contributed by atoms with E-state index in [0.29, 0.717) is 25.4 Å². The molecule has 36 heavy (non-hydrogen) atoms. The van der Waals surface area contributed by atoms with Gasteiger partial charge < -0.3 is 10.2 Å². The third-order valence-electron chi connectivity index (χ3n) is 8.09. The van der Waals surface area contributed by atoms with Crippen LogP contribution in [0.25, 0.3) is 21.3 Å². The van der Waals surface area contributed by atoms with Crippen molar-refractivity contribution in [3.8, 4) is 11.1 Å². The number of thiophene rings is 1. The first-order chi connectivity index (χ1) is 17.5. The Labute approximate surface area is 220 Å². The summed E-state index contributed by atoms with van der Waals surface area (Å²) in [4.78, 5) is 35.7. The van der Waals surface area contributed by atoms with Gasteiger partial charge in [-0.25, -0.2) is 0 Å². The summed E-state index contributed by atoms with van der Waals surface area (Å²) in [6.07, 6.45) is 5.41. The normalized spacial score (nSPS) is 22.4. The highest BCUT2D eigenvalue weighted by Gasteiger charge is 2.45. The Kier molecular flexibility index (Phi) is 6.26. The Balaban J connectivity index is 1.41. The zero-order chi connectivity index (χ0) is 25.0. The number of pyridine rings is 1. The van der Waals surface area contributed by atoms with E-state index < -0.39 is 0 Å². The number of hydrogen-bond donors (Lipinski definition) is 1. The molecule has 3 aliphatic rings. The molecule has 1 N–H and O–H groups in total. The van der Waals surface area contributed by atoms with Crippen LogP contribution < -0.4 is 10.2 Å². The Morgan fingerprint density at radius 3 is 2.50 bits per heavy atom. The number of halogens is 1. The maximum Gasteiger partial charge on any atom is 0.233 e. The number of rotatable bonds is 6. The number of anilines is 1. The van der Waals surface area contributed by atoms with Gasteiger partial charge in [-0.1, -0.05) is 25.4 Å². The Morgan fingerprint density at radius 2 is 1.83 bits per heavy atom. The third-order valence-corrected chi connectivity index (χ3v) is 9.45. The molecular formula is C28H31ClN4O2S. The van der Waals surface area contributed by atoms with Gasteiger partial charge in [0.15, 0.2) is 0 Å². The van der Waals surface area contributed by atoms with Gasteiger partial charge in [0.1, 0.15) is 0 Å². The number of carbonyl (C=O) groups excluding carboxylic acids is 2. The molecule has 1 aromatic carbocycles. The molecule has 2 amide bonds. The predicted molar refractivity (Wildman–Crippen MR) is 146 cm³/mol. The van der Waals surface area contributed by atoms with E-state index in [9.17, 15) is 9.59 Å². The van der Waals surface area contributed by atoms with Crippen molar-refractivity contribution in [3.63, 3.8) is 0 Å². The van der Waals surface area contributed by atoms with Crippen molar-refractivity contribution >= 4 is 50.7 Å². The van der Waals surface area contributed by atoms with Crippen molar-refractivity contribution in [3.05, 3.63) is 45.9 Å². The summed E-state index contributed by atoms with van der Waals surface area (Å²) in [5.41, 5.74) is 5.76. The van der Waals surface area contributed by atoms with Crippen molar-refractivity contribution < 1.29 is 9.59 Å². The molecule has 0 bridgehead atoms. The molecule has 3 aromatic rings.